The van der Waals surface area contributed by atoms with Crippen LogP contribution in [0.3, 0.4) is 0 Å². The highest BCUT2D eigenvalue weighted by Crippen LogP contribution is 2.33. The molecule has 0 atom stereocenters. The summed E-state index contributed by atoms with van der Waals surface area (Å²) in [5.74, 6) is 0.537. The molecule has 0 aliphatic heterocycles. The van der Waals surface area contributed by atoms with Gasteiger partial charge >= 0.3 is 5.97 Å². The molecule has 0 fully saturated rings. The monoisotopic (exact) mass is 476 g/mol. The van der Waals surface area contributed by atoms with Crippen LogP contribution in [0.15, 0.2) is 103 Å². The van der Waals surface area contributed by atoms with Gasteiger partial charge in [0.05, 0.1) is 23.4 Å². The maximum absolute atomic E-state index is 12.0. The first-order chi connectivity index (χ1) is 17.7. The van der Waals surface area contributed by atoms with Crippen molar-refractivity contribution >= 4 is 22.6 Å². The summed E-state index contributed by atoms with van der Waals surface area (Å²) in [6.07, 6.45) is 2.08. The molecule has 5 rings (SSSR count). The van der Waals surface area contributed by atoms with Gasteiger partial charge in [-0.1, -0.05) is 48.5 Å². The number of hydrogen-bond acceptors (Lipinski definition) is 4. The number of hydrogen-bond donors (Lipinski definition) is 1. The summed E-state index contributed by atoms with van der Waals surface area (Å²) in [6.45, 7) is 2.71. The van der Waals surface area contributed by atoms with E-state index in [9.17, 15) is 4.79 Å². The highest BCUT2D eigenvalue weighted by Gasteiger charge is 2.12. The molecule has 36 heavy (non-hydrogen) atoms. The van der Waals surface area contributed by atoms with Crippen LogP contribution >= 0.6 is 0 Å². The molecule has 0 spiro atoms. The molecule has 0 bridgehead atoms. The van der Waals surface area contributed by atoms with Gasteiger partial charge < -0.3 is 19.4 Å². The predicted octanol–water partition coefficient (Wildman–Crippen LogP) is 7.09. The molecule has 4 aromatic carbocycles. The van der Waals surface area contributed by atoms with Crippen LogP contribution in [0.2, 0.25) is 0 Å². The van der Waals surface area contributed by atoms with Crippen LogP contribution in [0, 0.1) is 0 Å². The summed E-state index contributed by atoms with van der Waals surface area (Å²) in [5.41, 5.74) is 7.03. The molecule has 0 saturated heterocycles. The van der Waals surface area contributed by atoms with Crippen molar-refractivity contribution in [3.8, 4) is 22.6 Å². The number of carbonyl (C=O) groups is 1. The van der Waals surface area contributed by atoms with E-state index in [-0.39, 0.29) is 5.97 Å². The fraction of sp³-hybridized carbons (Fsp3) is 0.129. The topological polar surface area (TPSA) is 52.5 Å². The van der Waals surface area contributed by atoms with Crippen molar-refractivity contribution in [3.05, 3.63) is 114 Å². The number of anilines is 1. The zero-order valence-electron chi connectivity index (χ0n) is 20.4. The number of ether oxygens (including phenoxy) is 2. The quantitative estimate of drug-likeness (QED) is 0.243. The molecular weight excluding hydrogens is 448 g/mol. The molecule has 0 amide bonds. The fourth-order valence-corrected chi connectivity index (χ4v) is 4.28. The van der Waals surface area contributed by atoms with Gasteiger partial charge in [-0.25, -0.2) is 4.79 Å². The van der Waals surface area contributed by atoms with E-state index in [1.807, 2.05) is 49.5 Å². The van der Waals surface area contributed by atoms with E-state index in [4.69, 9.17) is 9.47 Å². The van der Waals surface area contributed by atoms with Gasteiger partial charge in [0.2, 0.25) is 0 Å². The van der Waals surface area contributed by atoms with Crippen molar-refractivity contribution in [2.75, 3.05) is 19.0 Å². The maximum atomic E-state index is 12.0. The van der Waals surface area contributed by atoms with Crippen LogP contribution in [0.1, 0.15) is 22.8 Å². The van der Waals surface area contributed by atoms with Gasteiger partial charge in [-0.3, -0.25) is 0 Å². The number of fused-ring (bicyclic) bond motifs is 1. The Morgan fingerprint density at radius 3 is 2.28 bits per heavy atom. The SMILES string of the molecule is CCOC(=O)c1ccc(-n2cc(NC)c3cc(-c4ccc(OCc5ccccc5)cc4)ccc32)cc1. The first-order valence-corrected chi connectivity index (χ1v) is 12.0. The second-order valence-electron chi connectivity index (χ2n) is 8.46. The zero-order valence-corrected chi connectivity index (χ0v) is 20.4. The van der Waals surface area contributed by atoms with Gasteiger partial charge in [-0.15, -0.1) is 0 Å². The Morgan fingerprint density at radius 1 is 0.861 bits per heavy atom. The molecular formula is C31H28N2O3. The van der Waals surface area contributed by atoms with Gasteiger partial charge in [0.25, 0.3) is 0 Å². The van der Waals surface area contributed by atoms with Crippen molar-refractivity contribution in [1.82, 2.24) is 4.57 Å². The van der Waals surface area contributed by atoms with Crippen molar-refractivity contribution in [2.45, 2.75) is 13.5 Å². The van der Waals surface area contributed by atoms with E-state index in [1.54, 1.807) is 19.1 Å². The number of carbonyl (C=O) groups excluding carboxylic acids is 1. The summed E-state index contributed by atoms with van der Waals surface area (Å²) in [4.78, 5) is 12.0. The lowest BCUT2D eigenvalue weighted by molar-refractivity contribution is 0.0526. The Kier molecular flexibility index (Phi) is 6.72. The third-order valence-electron chi connectivity index (χ3n) is 6.17. The van der Waals surface area contributed by atoms with Crippen LogP contribution in [-0.4, -0.2) is 24.2 Å². The van der Waals surface area contributed by atoms with E-state index >= 15 is 0 Å². The van der Waals surface area contributed by atoms with Gasteiger partial charge in [0, 0.05) is 24.3 Å². The van der Waals surface area contributed by atoms with E-state index in [1.165, 1.54) is 0 Å². The molecule has 5 heteroatoms. The van der Waals surface area contributed by atoms with Crippen molar-refractivity contribution in [2.24, 2.45) is 0 Å². The Morgan fingerprint density at radius 2 is 1.58 bits per heavy atom. The summed E-state index contributed by atoms with van der Waals surface area (Å²) >= 11 is 0. The first kappa shape index (κ1) is 23.2. The van der Waals surface area contributed by atoms with Crippen molar-refractivity contribution in [3.63, 3.8) is 0 Å². The van der Waals surface area contributed by atoms with Gasteiger partial charge in [-0.2, -0.15) is 0 Å². The normalized spacial score (nSPS) is 10.8. The number of rotatable bonds is 8. The Labute approximate surface area is 210 Å². The molecule has 0 radical (unpaired) electrons. The minimum atomic E-state index is -0.307. The second kappa shape index (κ2) is 10.4. The number of aromatic nitrogens is 1. The number of benzene rings is 4. The van der Waals surface area contributed by atoms with Gasteiger partial charge in [-0.05, 0) is 72.1 Å². The summed E-state index contributed by atoms with van der Waals surface area (Å²) in [5, 5.41) is 4.43. The number of nitrogens with zero attached hydrogens (tertiary/aromatic N) is 1. The van der Waals surface area contributed by atoms with Gasteiger partial charge in [0.1, 0.15) is 12.4 Å². The zero-order chi connectivity index (χ0) is 24.9. The van der Waals surface area contributed by atoms with E-state index in [0.29, 0.717) is 18.8 Å². The summed E-state index contributed by atoms with van der Waals surface area (Å²) < 4.78 is 13.2. The van der Waals surface area contributed by atoms with Crippen molar-refractivity contribution < 1.29 is 14.3 Å². The van der Waals surface area contributed by atoms with Crippen LogP contribution in [0.4, 0.5) is 5.69 Å². The minimum absolute atomic E-state index is 0.307. The molecule has 1 aromatic heterocycles. The summed E-state index contributed by atoms with van der Waals surface area (Å²) in [7, 11) is 1.93. The molecule has 0 saturated carbocycles. The Bertz CT molecular complexity index is 1470. The number of nitrogens with one attached hydrogen (secondary N) is 1. The Balaban J connectivity index is 1.39. The third kappa shape index (κ3) is 4.82. The largest absolute Gasteiger partial charge is 0.489 e. The standard InChI is InChI=1S/C31H28N2O3/c1-3-35-31(34)24-9-14-26(15-10-24)33-20-29(32-2)28-19-25(13-18-30(28)33)23-11-16-27(17-12-23)36-21-22-7-5-4-6-8-22/h4-20,32H,3,21H2,1-2H3. The van der Waals surface area contributed by atoms with E-state index in [2.05, 4.69) is 58.5 Å². The molecule has 1 N–H and O–H groups in total. The lowest BCUT2D eigenvalue weighted by Crippen LogP contribution is -2.04. The Hall–Kier alpha value is -4.51. The van der Waals surface area contributed by atoms with E-state index in [0.717, 1.165) is 44.7 Å². The minimum Gasteiger partial charge on any atom is -0.489 e. The molecule has 0 unspecified atom stereocenters. The molecule has 0 aliphatic carbocycles. The van der Waals surface area contributed by atoms with Crippen LogP contribution in [0.25, 0.3) is 27.7 Å². The molecule has 1 heterocycles. The van der Waals surface area contributed by atoms with Gasteiger partial charge in [0.15, 0.2) is 0 Å². The highest BCUT2D eigenvalue weighted by atomic mass is 16.5. The smallest absolute Gasteiger partial charge is 0.338 e. The second-order valence-corrected chi connectivity index (χ2v) is 8.46. The summed E-state index contributed by atoms with van der Waals surface area (Å²) in [6, 6.07) is 32.3. The molecule has 5 aromatic rings. The molecule has 5 nitrogen and oxygen atoms in total. The van der Waals surface area contributed by atoms with Crippen molar-refractivity contribution in [1.29, 1.82) is 0 Å². The molecule has 0 aliphatic rings. The first-order valence-electron chi connectivity index (χ1n) is 12.0. The highest BCUT2D eigenvalue weighted by molar-refractivity contribution is 5.97. The van der Waals surface area contributed by atoms with Crippen LogP contribution < -0.4 is 10.1 Å². The van der Waals surface area contributed by atoms with Crippen LogP contribution in [-0.2, 0) is 11.3 Å². The van der Waals surface area contributed by atoms with E-state index < -0.39 is 0 Å². The lowest BCUT2D eigenvalue weighted by atomic mass is 10.0. The average Bonchev–Trinajstić information content (AvgIpc) is 3.31. The number of esters is 1. The van der Waals surface area contributed by atoms with Crippen LogP contribution in [0.5, 0.6) is 5.75 Å². The predicted molar refractivity (Wildman–Crippen MR) is 145 cm³/mol. The fourth-order valence-electron chi connectivity index (χ4n) is 4.28. The third-order valence-corrected chi connectivity index (χ3v) is 6.17. The lowest BCUT2D eigenvalue weighted by Gasteiger charge is -2.09. The average molecular weight is 477 g/mol. The maximum Gasteiger partial charge on any atom is 0.338 e. The molecule has 180 valence electrons.